The summed E-state index contributed by atoms with van der Waals surface area (Å²) in [4.78, 5) is 17.4. The molecule has 0 atom stereocenters. The van der Waals surface area contributed by atoms with Crippen LogP contribution in [0.5, 0.6) is 11.5 Å². The number of amides is 1. The van der Waals surface area contributed by atoms with E-state index in [0.29, 0.717) is 23.6 Å². The predicted molar refractivity (Wildman–Crippen MR) is 134 cm³/mol. The minimum absolute atomic E-state index is 0.167. The van der Waals surface area contributed by atoms with E-state index in [1.165, 1.54) is 0 Å². The Kier molecular flexibility index (Phi) is 6.74. The van der Waals surface area contributed by atoms with Gasteiger partial charge in [-0.2, -0.15) is 0 Å². The van der Waals surface area contributed by atoms with Crippen LogP contribution in [-0.2, 0) is 6.54 Å². The van der Waals surface area contributed by atoms with Crippen LogP contribution in [0.3, 0.4) is 0 Å². The molecule has 0 fully saturated rings. The molecular formula is C29H26N2O3+2. The van der Waals surface area contributed by atoms with Crippen LogP contribution in [0.4, 0.5) is 0 Å². The Balaban J connectivity index is 1.72. The summed E-state index contributed by atoms with van der Waals surface area (Å²) in [5.74, 6) is 0.940. The van der Waals surface area contributed by atoms with Gasteiger partial charge in [0, 0.05) is 60.8 Å². The molecule has 0 aliphatic rings. The van der Waals surface area contributed by atoms with Gasteiger partial charge in [-0.05, 0) is 65.6 Å². The van der Waals surface area contributed by atoms with E-state index in [1.807, 2.05) is 79.7 Å². The average molecular weight is 451 g/mol. The Hall–Kier alpha value is -4.38. The second-order valence-corrected chi connectivity index (χ2v) is 8.00. The summed E-state index contributed by atoms with van der Waals surface area (Å²) in [5.41, 5.74) is 7.03. The number of aryl methyl sites for hydroxylation is 1. The van der Waals surface area contributed by atoms with E-state index in [9.17, 15) is 4.79 Å². The Morgan fingerprint density at radius 1 is 0.882 bits per heavy atom. The maximum atomic E-state index is 13.1. The van der Waals surface area contributed by atoms with Crippen LogP contribution >= 0.6 is 0 Å². The van der Waals surface area contributed by atoms with Gasteiger partial charge in [0.2, 0.25) is 5.75 Å². The number of carbonyl (C=O) groups is 1. The number of methoxy groups -OCH3 is 1. The SMILES string of the molecule is [CH2+]Oc1cc(-c2cc(C(=O)NCc3ccc(C)nc3)cc(-c3ccc([CH2+])cc3)c2)ccc1OC. The summed E-state index contributed by atoms with van der Waals surface area (Å²) in [6, 6.07) is 23.2. The number of pyridine rings is 1. The molecule has 0 spiro atoms. The van der Waals surface area contributed by atoms with E-state index in [4.69, 9.17) is 9.47 Å². The largest absolute Gasteiger partial charge is 0.493 e. The van der Waals surface area contributed by atoms with Crippen LogP contribution in [0.15, 0.2) is 79.0 Å². The third-order valence-corrected chi connectivity index (χ3v) is 5.56. The zero-order chi connectivity index (χ0) is 24.1. The molecular weight excluding hydrogens is 424 g/mol. The molecule has 0 aliphatic carbocycles. The van der Waals surface area contributed by atoms with Gasteiger partial charge in [-0.1, -0.05) is 12.1 Å². The van der Waals surface area contributed by atoms with Gasteiger partial charge in [0.15, 0.2) is 5.75 Å². The molecule has 1 amide bonds. The van der Waals surface area contributed by atoms with Gasteiger partial charge in [-0.15, -0.1) is 0 Å². The van der Waals surface area contributed by atoms with Crippen molar-refractivity contribution < 1.29 is 14.3 Å². The minimum Gasteiger partial charge on any atom is -0.493 e. The fraction of sp³-hybridized carbons (Fsp3) is 0.103. The first-order valence-electron chi connectivity index (χ1n) is 10.8. The molecule has 4 rings (SSSR count). The maximum Gasteiger partial charge on any atom is 0.262 e. The Bertz CT molecular complexity index is 1300. The van der Waals surface area contributed by atoms with Crippen LogP contribution < -0.4 is 14.8 Å². The third-order valence-electron chi connectivity index (χ3n) is 5.56. The molecule has 3 aromatic carbocycles. The number of hydrogen-bond donors (Lipinski definition) is 1. The molecule has 34 heavy (non-hydrogen) atoms. The van der Waals surface area contributed by atoms with Crippen LogP contribution in [0.2, 0.25) is 0 Å². The molecule has 1 aromatic heterocycles. The number of benzene rings is 3. The van der Waals surface area contributed by atoms with Crippen LogP contribution in [0, 0.1) is 21.0 Å². The molecule has 0 saturated heterocycles. The van der Waals surface area contributed by atoms with Gasteiger partial charge in [0.05, 0.1) is 7.11 Å². The molecule has 0 aliphatic heterocycles. The molecule has 1 heterocycles. The van der Waals surface area contributed by atoms with E-state index in [-0.39, 0.29) is 5.91 Å². The molecule has 168 valence electrons. The van der Waals surface area contributed by atoms with E-state index in [2.05, 4.69) is 24.3 Å². The summed E-state index contributed by atoms with van der Waals surface area (Å²) in [6.45, 7) is 6.28. The number of rotatable bonds is 7. The quantitative estimate of drug-likeness (QED) is 0.350. The number of hydrogen-bond acceptors (Lipinski definition) is 4. The highest BCUT2D eigenvalue weighted by Gasteiger charge is 2.14. The summed E-state index contributed by atoms with van der Waals surface area (Å²) in [7, 11) is 5.10. The van der Waals surface area contributed by atoms with E-state index >= 15 is 0 Å². The summed E-state index contributed by atoms with van der Waals surface area (Å²) in [6.07, 6.45) is 1.77. The standard InChI is InChI=1S/C29H25N2O3/c1-19-5-9-22(10-6-19)24-13-25(23-11-12-27(33-3)28(16-23)34-4)15-26(14-24)29(32)31-18-21-8-7-20(2)30-17-21/h5-17H,1,4,18H2,2-3H3/q+1/p+1. The van der Waals surface area contributed by atoms with Gasteiger partial charge in [0.25, 0.3) is 13.0 Å². The van der Waals surface area contributed by atoms with Crippen molar-refractivity contribution in [3.63, 3.8) is 0 Å². The fourth-order valence-electron chi connectivity index (χ4n) is 3.65. The number of ether oxygens (including phenoxy) is 2. The fourth-order valence-corrected chi connectivity index (χ4v) is 3.65. The maximum absolute atomic E-state index is 13.1. The normalized spacial score (nSPS) is 10.5. The topological polar surface area (TPSA) is 60.5 Å². The van der Waals surface area contributed by atoms with Crippen molar-refractivity contribution in [3.8, 4) is 33.8 Å². The monoisotopic (exact) mass is 450 g/mol. The van der Waals surface area contributed by atoms with Crippen molar-refractivity contribution in [3.05, 3.63) is 115 Å². The van der Waals surface area contributed by atoms with Crippen molar-refractivity contribution in [1.29, 1.82) is 0 Å². The third kappa shape index (κ3) is 5.15. The van der Waals surface area contributed by atoms with Crippen LogP contribution in [-0.4, -0.2) is 18.0 Å². The van der Waals surface area contributed by atoms with E-state index < -0.39 is 0 Å². The minimum atomic E-state index is -0.167. The van der Waals surface area contributed by atoms with Crippen LogP contribution in [0.1, 0.15) is 27.2 Å². The lowest BCUT2D eigenvalue weighted by molar-refractivity contribution is 0.0951. The first kappa shape index (κ1) is 22.8. The molecule has 0 bridgehead atoms. The Morgan fingerprint density at radius 2 is 1.59 bits per heavy atom. The Morgan fingerprint density at radius 3 is 2.24 bits per heavy atom. The number of nitrogens with one attached hydrogen (secondary N) is 1. The molecule has 5 heteroatoms. The first-order valence-corrected chi connectivity index (χ1v) is 10.8. The Labute approximate surface area is 200 Å². The van der Waals surface area contributed by atoms with Gasteiger partial charge in [-0.25, -0.2) is 0 Å². The highest BCUT2D eigenvalue weighted by molar-refractivity contribution is 5.97. The lowest BCUT2D eigenvalue weighted by atomic mass is 9.95. The van der Waals surface area contributed by atoms with Gasteiger partial charge < -0.3 is 14.8 Å². The van der Waals surface area contributed by atoms with Crippen LogP contribution in [0.25, 0.3) is 22.3 Å². The number of carbonyl (C=O) groups excluding carboxylic acids is 1. The van der Waals surface area contributed by atoms with Gasteiger partial charge >= 0.3 is 0 Å². The van der Waals surface area contributed by atoms with Crippen molar-refractivity contribution in [1.82, 2.24) is 10.3 Å². The van der Waals surface area contributed by atoms with Gasteiger partial charge in [0.1, 0.15) is 5.56 Å². The van der Waals surface area contributed by atoms with E-state index in [1.54, 1.807) is 13.3 Å². The molecule has 4 aromatic rings. The van der Waals surface area contributed by atoms with Crippen molar-refractivity contribution in [2.24, 2.45) is 0 Å². The predicted octanol–water partition coefficient (Wildman–Crippen LogP) is 6.02. The summed E-state index contributed by atoms with van der Waals surface area (Å²) < 4.78 is 10.6. The molecule has 5 nitrogen and oxygen atoms in total. The first-order chi connectivity index (χ1) is 16.5. The number of nitrogens with zero attached hydrogens (tertiary/aromatic N) is 1. The smallest absolute Gasteiger partial charge is 0.262 e. The van der Waals surface area contributed by atoms with Crippen molar-refractivity contribution >= 4 is 5.91 Å². The molecule has 0 radical (unpaired) electrons. The summed E-state index contributed by atoms with van der Waals surface area (Å²) in [5, 5.41) is 3.00. The zero-order valence-electron chi connectivity index (χ0n) is 19.3. The average Bonchev–Trinajstić information content (AvgIpc) is 2.87. The highest BCUT2D eigenvalue weighted by Crippen LogP contribution is 2.35. The highest BCUT2D eigenvalue weighted by atomic mass is 16.5. The second-order valence-electron chi connectivity index (χ2n) is 8.00. The molecule has 0 saturated carbocycles. The molecule has 0 unspecified atom stereocenters. The van der Waals surface area contributed by atoms with E-state index in [0.717, 1.165) is 39.1 Å². The zero-order valence-corrected chi connectivity index (χ0v) is 19.3. The van der Waals surface area contributed by atoms with Crippen molar-refractivity contribution in [2.75, 3.05) is 7.11 Å². The van der Waals surface area contributed by atoms with Crippen molar-refractivity contribution in [2.45, 2.75) is 13.5 Å². The lowest BCUT2D eigenvalue weighted by Crippen LogP contribution is -2.23. The second kappa shape index (κ2) is 10.0. The lowest BCUT2D eigenvalue weighted by Gasteiger charge is -2.12. The molecule has 1 N–H and O–H groups in total. The number of aromatic nitrogens is 1. The van der Waals surface area contributed by atoms with Gasteiger partial charge in [-0.3, -0.25) is 9.78 Å². The summed E-state index contributed by atoms with van der Waals surface area (Å²) >= 11 is 0.